The number of benzene rings is 1. The van der Waals surface area contributed by atoms with Crippen molar-refractivity contribution in [3.63, 3.8) is 0 Å². The molecule has 0 spiro atoms. The summed E-state index contributed by atoms with van der Waals surface area (Å²) in [7, 11) is 1.58. The van der Waals surface area contributed by atoms with Crippen LogP contribution < -0.4 is 15.8 Å². The van der Waals surface area contributed by atoms with E-state index in [0.717, 1.165) is 15.8 Å². The number of carbonyl (C=O) groups is 2. The number of hydrogen-bond donors (Lipinski definition) is 3. The Morgan fingerprint density at radius 2 is 2.23 bits per heavy atom. The van der Waals surface area contributed by atoms with Crippen LogP contribution in [0.4, 0.5) is 0 Å². The molecule has 0 heterocycles. The van der Waals surface area contributed by atoms with Crippen LogP contribution in [0.1, 0.15) is 18.4 Å². The quantitative estimate of drug-likeness (QED) is 0.478. The highest BCUT2D eigenvalue weighted by Crippen LogP contribution is 2.25. The van der Waals surface area contributed by atoms with Crippen LogP contribution in [0.5, 0.6) is 5.75 Å². The lowest BCUT2D eigenvalue weighted by molar-refractivity contribution is -0.138. The Bertz CT molecular complexity index is 560. The maximum Gasteiger partial charge on any atom is 0.320 e. The molecule has 0 fully saturated rings. The number of nitrogens with one attached hydrogen (secondary N) is 1. The molecule has 0 saturated heterocycles. The highest BCUT2D eigenvalue weighted by atomic mass is 79.9. The number of hydrogen-bond acceptors (Lipinski definition) is 4. The summed E-state index contributed by atoms with van der Waals surface area (Å²) in [5.41, 5.74) is 6.22. The van der Waals surface area contributed by atoms with E-state index in [1.165, 1.54) is 6.08 Å². The minimum Gasteiger partial charge on any atom is -0.496 e. The van der Waals surface area contributed by atoms with Crippen LogP contribution in [0.2, 0.25) is 0 Å². The van der Waals surface area contributed by atoms with Crippen molar-refractivity contribution in [2.75, 3.05) is 13.7 Å². The van der Waals surface area contributed by atoms with Gasteiger partial charge in [-0.3, -0.25) is 9.59 Å². The van der Waals surface area contributed by atoms with Crippen molar-refractivity contribution in [2.45, 2.75) is 18.9 Å². The number of amides is 1. The zero-order chi connectivity index (χ0) is 16.5. The van der Waals surface area contributed by atoms with E-state index in [4.69, 9.17) is 15.6 Å². The number of methoxy groups -OCH3 is 1. The van der Waals surface area contributed by atoms with Crippen molar-refractivity contribution in [1.82, 2.24) is 5.32 Å². The van der Waals surface area contributed by atoms with Crippen molar-refractivity contribution in [1.29, 1.82) is 0 Å². The molecule has 4 N–H and O–H groups in total. The van der Waals surface area contributed by atoms with Gasteiger partial charge in [0.2, 0.25) is 5.91 Å². The Morgan fingerprint density at radius 1 is 1.50 bits per heavy atom. The summed E-state index contributed by atoms with van der Waals surface area (Å²) in [6, 6.07) is 4.59. The van der Waals surface area contributed by atoms with Gasteiger partial charge in [-0.15, -0.1) is 0 Å². The molecule has 0 saturated carbocycles. The zero-order valence-corrected chi connectivity index (χ0v) is 13.8. The molecule has 6 nitrogen and oxygen atoms in total. The molecule has 1 aromatic rings. The van der Waals surface area contributed by atoms with Gasteiger partial charge in [0.25, 0.3) is 0 Å². The lowest BCUT2D eigenvalue weighted by Crippen LogP contribution is -2.31. The second-order valence-corrected chi connectivity index (χ2v) is 5.46. The highest BCUT2D eigenvalue weighted by Gasteiger charge is 2.10. The minimum absolute atomic E-state index is 0.240. The molecule has 1 amide bonds. The summed E-state index contributed by atoms with van der Waals surface area (Å²) in [5, 5.41) is 11.3. The Hall–Kier alpha value is -1.86. The topological polar surface area (TPSA) is 102 Å². The van der Waals surface area contributed by atoms with E-state index in [-0.39, 0.29) is 5.91 Å². The predicted octanol–water partition coefficient (Wildman–Crippen LogP) is 1.78. The van der Waals surface area contributed by atoms with Gasteiger partial charge < -0.3 is 20.9 Å². The fraction of sp³-hybridized carbons (Fsp3) is 0.333. The van der Waals surface area contributed by atoms with E-state index < -0.39 is 12.0 Å². The molecular formula is C15H19BrN2O4. The van der Waals surface area contributed by atoms with Crippen LogP contribution in [0.25, 0.3) is 6.08 Å². The monoisotopic (exact) mass is 370 g/mol. The maximum atomic E-state index is 11.6. The number of aliphatic carboxylic acids is 1. The summed E-state index contributed by atoms with van der Waals surface area (Å²) in [6.45, 7) is 0.385. The second-order valence-electron chi connectivity index (χ2n) is 4.61. The first kappa shape index (κ1) is 18.2. The van der Waals surface area contributed by atoms with Crippen LogP contribution in [-0.2, 0) is 9.59 Å². The van der Waals surface area contributed by atoms with Crippen molar-refractivity contribution < 1.29 is 19.4 Å². The largest absolute Gasteiger partial charge is 0.496 e. The van der Waals surface area contributed by atoms with Gasteiger partial charge in [0.1, 0.15) is 11.8 Å². The molecule has 7 heteroatoms. The molecule has 0 radical (unpaired) electrons. The van der Waals surface area contributed by atoms with E-state index in [0.29, 0.717) is 19.4 Å². The summed E-state index contributed by atoms with van der Waals surface area (Å²) in [4.78, 5) is 22.1. The first-order valence-corrected chi connectivity index (χ1v) is 7.51. The SMILES string of the molecule is COc1ccc(/C=C/C(=O)NCCC[C@@H](N)C(=O)O)cc1Br. The number of rotatable bonds is 8. The number of carboxylic acid groups (broad SMARTS) is 1. The Morgan fingerprint density at radius 3 is 2.82 bits per heavy atom. The minimum atomic E-state index is -1.03. The Kier molecular flexibility index (Phi) is 7.62. The highest BCUT2D eigenvalue weighted by molar-refractivity contribution is 9.10. The van der Waals surface area contributed by atoms with Crippen molar-refractivity contribution in [3.8, 4) is 5.75 Å². The molecule has 1 rings (SSSR count). The maximum absolute atomic E-state index is 11.6. The first-order chi connectivity index (χ1) is 10.4. The van der Waals surface area contributed by atoms with Gasteiger partial charge in [0, 0.05) is 12.6 Å². The van der Waals surface area contributed by atoms with Crippen molar-refractivity contribution in [3.05, 3.63) is 34.3 Å². The molecule has 22 heavy (non-hydrogen) atoms. The lowest BCUT2D eigenvalue weighted by atomic mass is 10.1. The summed E-state index contributed by atoms with van der Waals surface area (Å²) in [6.07, 6.45) is 3.94. The molecular weight excluding hydrogens is 352 g/mol. The average molecular weight is 371 g/mol. The van der Waals surface area contributed by atoms with E-state index in [1.807, 2.05) is 12.1 Å². The van der Waals surface area contributed by atoms with Crippen molar-refractivity contribution in [2.24, 2.45) is 5.73 Å². The number of ether oxygens (including phenoxy) is 1. The average Bonchev–Trinajstić information content (AvgIpc) is 2.49. The van der Waals surface area contributed by atoms with Gasteiger partial charge in [-0.25, -0.2) is 0 Å². The molecule has 0 aromatic heterocycles. The van der Waals surface area contributed by atoms with Gasteiger partial charge in [-0.1, -0.05) is 6.07 Å². The third-order valence-electron chi connectivity index (χ3n) is 2.91. The first-order valence-electron chi connectivity index (χ1n) is 6.72. The number of nitrogens with two attached hydrogens (primary N) is 1. The van der Waals surface area contributed by atoms with Gasteiger partial charge in [-0.2, -0.15) is 0 Å². The Balaban J connectivity index is 2.38. The van der Waals surface area contributed by atoms with Crippen LogP contribution in [0.15, 0.2) is 28.7 Å². The van der Waals surface area contributed by atoms with Gasteiger partial charge >= 0.3 is 5.97 Å². The normalized spacial score (nSPS) is 12.1. The molecule has 1 atom stereocenters. The molecule has 1 aromatic carbocycles. The Labute approximate surface area is 137 Å². The third kappa shape index (κ3) is 6.28. The molecule has 0 aliphatic heterocycles. The summed E-state index contributed by atoms with van der Waals surface area (Å²) >= 11 is 3.37. The lowest BCUT2D eigenvalue weighted by Gasteiger charge is -2.06. The fourth-order valence-corrected chi connectivity index (χ4v) is 2.23. The molecule has 0 aliphatic rings. The fourth-order valence-electron chi connectivity index (χ4n) is 1.67. The van der Waals surface area contributed by atoms with E-state index in [2.05, 4.69) is 21.2 Å². The third-order valence-corrected chi connectivity index (χ3v) is 3.53. The molecule has 0 aliphatic carbocycles. The van der Waals surface area contributed by atoms with Crippen molar-refractivity contribution >= 4 is 33.9 Å². The van der Waals surface area contributed by atoms with Crippen LogP contribution in [0.3, 0.4) is 0 Å². The van der Waals surface area contributed by atoms with E-state index in [9.17, 15) is 9.59 Å². The van der Waals surface area contributed by atoms with E-state index >= 15 is 0 Å². The van der Waals surface area contributed by atoms with Crippen LogP contribution in [-0.4, -0.2) is 36.7 Å². The van der Waals surface area contributed by atoms with Gasteiger partial charge in [0.15, 0.2) is 0 Å². The second kappa shape index (κ2) is 9.22. The van der Waals surface area contributed by atoms with Crippen LogP contribution in [0, 0.1) is 0 Å². The number of carbonyl (C=O) groups excluding carboxylic acids is 1. The summed E-state index contributed by atoms with van der Waals surface area (Å²) in [5.74, 6) is -0.552. The molecule has 120 valence electrons. The number of halogens is 1. The smallest absolute Gasteiger partial charge is 0.320 e. The predicted molar refractivity (Wildman–Crippen MR) is 87.6 cm³/mol. The molecule has 0 bridgehead atoms. The summed E-state index contributed by atoms with van der Waals surface area (Å²) < 4.78 is 5.93. The molecule has 0 unspecified atom stereocenters. The van der Waals surface area contributed by atoms with Crippen LogP contribution >= 0.6 is 15.9 Å². The standard InChI is InChI=1S/C15H19BrN2O4/c1-22-13-6-4-10(9-11(13)16)5-7-14(19)18-8-2-3-12(17)15(20)21/h4-7,9,12H,2-3,8,17H2,1H3,(H,18,19)(H,20,21)/b7-5+/t12-/m1/s1. The van der Waals surface area contributed by atoms with Gasteiger partial charge in [-0.05, 0) is 52.5 Å². The zero-order valence-electron chi connectivity index (χ0n) is 12.2. The van der Waals surface area contributed by atoms with E-state index in [1.54, 1.807) is 19.3 Å². The number of carboxylic acids is 1. The van der Waals surface area contributed by atoms with Gasteiger partial charge in [0.05, 0.1) is 11.6 Å².